The van der Waals surface area contributed by atoms with Crippen LogP contribution in [-0.4, -0.2) is 43.8 Å². The van der Waals surface area contributed by atoms with Crippen molar-refractivity contribution in [1.82, 2.24) is 24.8 Å². The van der Waals surface area contributed by atoms with Crippen LogP contribution in [0.1, 0.15) is 40.8 Å². The SMILES string of the molecule is Cc1ccnc(C2CCN(C(=O)c3cnccn3)CC2)n1. The Morgan fingerprint density at radius 1 is 1.19 bits per heavy atom. The van der Waals surface area contributed by atoms with E-state index in [0.717, 1.165) is 24.4 Å². The molecule has 2 aromatic heterocycles. The summed E-state index contributed by atoms with van der Waals surface area (Å²) in [5, 5.41) is 0. The number of aromatic nitrogens is 4. The van der Waals surface area contributed by atoms with Crippen molar-refractivity contribution >= 4 is 5.91 Å². The molecule has 0 radical (unpaired) electrons. The second-order valence-corrected chi connectivity index (χ2v) is 5.21. The van der Waals surface area contributed by atoms with Gasteiger partial charge < -0.3 is 4.90 Å². The fourth-order valence-corrected chi connectivity index (χ4v) is 2.58. The van der Waals surface area contributed by atoms with Gasteiger partial charge in [0.1, 0.15) is 11.5 Å². The minimum atomic E-state index is -0.0493. The zero-order valence-electron chi connectivity index (χ0n) is 11.9. The van der Waals surface area contributed by atoms with Crippen LogP contribution in [0.3, 0.4) is 0 Å². The fraction of sp³-hybridized carbons (Fsp3) is 0.400. The number of hydrogen-bond acceptors (Lipinski definition) is 5. The summed E-state index contributed by atoms with van der Waals surface area (Å²) in [5.41, 5.74) is 1.39. The third-order valence-corrected chi connectivity index (χ3v) is 3.74. The molecule has 0 N–H and O–H groups in total. The molecule has 3 heterocycles. The average molecular weight is 283 g/mol. The van der Waals surface area contributed by atoms with Crippen LogP contribution >= 0.6 is 0 Å². The Morgan fingerprint density at radius 2 is 2.00 bits per heavy atom. The molecular formula is C15H17N5O. The molecule has 3 rings (SSSR count). The molecule has 0 saturated carbocycles. The lowest BCUT2D eigenvalue weighted by atomic mass is 9.95. The van der Waals surface area contributed by atoms with E-state index in [2.05, 4.69) is 19.9 Å². The van der Waals surface area contributed by atoms with E-state index < -0.39 is 0 Å². The van der Waals surface area contributed by atoms with Crippen LogP contribution in [0.25, 0.3) is 0 Å². The second-order valence-electron chi connectivity index (χ2n) is 5.21. The topological polar surface area (TPSA) is 71.9 Å². The number of amides is 1. The minimum Gasteiger partial charge on any atom is -0.337 e. The Balaban J connectivity index is 1.64. The highest BCUT2D eigenvalue weighted by Gasteiger charge is 2.26. The first kappa shape index (κ1) is 13.6. The Labute approximate surface area is 123 Å². The number of aryl methyl sites for hydroxylation is 1. The van der Waals surface area contributed by atoms with E-state index >= 15 is 0 Å². The maximum absolute atomic E-state index is 12.3. The summed E-state index contributed by atoms with van der Waals surface area (Å²) in [7, 11) is 0. The molecule has 0 bridgehead atoms. The zero-order chi connectivity index (χ0) is 14.7. The highest BCUT2D eigenvalue weighted by molar-refractivity contribution is 5.92. The number of carbonyl (C=O) groups excluding carboxylic acids is 1. The molecule has 0 aromatic carbocycles. The van der Waals surface area contributed by atoms with Crippen molar-refractivity contribution in [3.63, 3.8) is 0 Å². The molecule has 108 valence electrons. The molecule has 1 fully saturated rings. The Bertz CT molecular complexity index is 623. The third kappa shape index (κ3) is 3.04. The maximum atomic E-state index is 12.3. The molecule has 21 heavy (non-hydrogen) atoms. The van der Waals surface area contributed by atoms with Gasteiger partial charge in [0.2, 0.25) is 0 Å². The first-order chi connectivity index (χ1) is 10.2. The molecule has 0 spiro atoms. The van der Waals surface area contributed by atoms with Gasteiger partial charge in [-0.3, -0.25) is 9.78 Å². The second kappa shape index (κ2) is 5.95. The molecule has 6 heteroatoms. The van der Waals surface area contributed by atoms with Gasteiger partial charge in [-0.1, -0.05) is 0 Å². The van der Waals surface area contributed by atoms with Gasteiger partial charge in [-0.05, 0) is 25.8 Å². The maximum Gasteiger partial charge on any atom is 0.274 e. The highest BCUT2D eigenvalue weighted by Crippen LogP contribution is 2.25. The van der Waals surface area contributed by atoms with Crippen molar-refractivity contribution in [2.75, 3.05) is 13.1 Å². The Kier molecular flexibility index (Phi) is 3.85. The van der Waals surface area contributed by atoms with Gasteiger partial charge >= 0.3 is 0 Å². The summed E-state index contributed by atoms with van der Waals surface area (Å²) in [6.07, 6.45) is 8.19. The van der Waals surface area contributed by atoms with Crippen molar-refractivity contribution in [3.8, 4) is 0 Å². The molecule has 1 aliphatic heterocycles. The van der Waals surface area contributed by atoms with Gasteiger partial charge in [-0.25, -0.2) is 15.0 Å². The summed E-state index contributed by atoms with van der Waals surface area (Å²) in [6, 6.07) is 1.90. The predicted molar refractivity (Wildman–Crippen MR) is 76.7 cm³/mol. The van der Waals surface area contributed by atoms with Crippen molar-refractivity contribution in [1.29, 1.82) is 0 Å². The van der Waals surface area contributed by atoms with Crippen LogP contribution in [0, 0.1) is 6.92 Å². The third-order valence-electron chi connectivity index (χ3n) is 3.74. The van der Waals surface area contributed by atoms with Crippen molar-refractivity contribution in [3.05, 3.63) is 48.1 Å². The molecule has 2 aromatic rings. The molecule has 1 saturated heterocycles. The van der Waals surface area contributed by atoms with E-state index in [4.69, 9.17) is 0 Å². The monoisotopic (exact) mass is 283 g/mol. The van der Waals surface area contributed by atoms with Gasteiger partial charge in [0, 0.05) is 43.3 Å². The largest absolute Gasteiger partial charge is 0.337 e. The number of rotatable bonds is 2. The number of piperidine rings is 1. The fourth-order valence-electron chi connectivity index (χ4n) is 2.58. The highest BCUT2D eigenvalue weighted by atomic mass is 16.2. The molecule has 0 unspecified atom stereocenters. The quantitative estimate of drug-likeness (QED) is 0.837. The number of nitrogens with zero attached hydrogens (tertiary/aromatic N) is 5. The summed E-state index contributed by atoms with van der Waals surface area (Å²) in [4.78, 5) is 31.0. The lowest BCUT2D eigenvalue weighted by Crippen LogP contribution is -2.38. The summed E-state index contributed by atoms with van der Waals surface area (Å²) < 4.78 is 0. The smallest absolute Gasteiger partial charge is 0.274 e. The van der Waals surface area contributed by atoms with Crippen molar-refractivity contribution in [2.24, 2.45) is 0 Å². The van der Waals surface area contributed by atoms with Crippen molar-refractivity contribution < 1.29 is 4.79 Å². The van der Waals surface area contributed by atoms with Crippen LogP contribution in [0.15, 0.2) is 30.9 Å². The lowest BCUT2D eigenvalue weighted by molar-refractivity contribution is 0.0704. The van der Waals surface area contributed by atoms with E-state index in [1.54, 1.807) is 18.6 Å². The van der Waals surface area contributed by atoms with E-state index in [-0.39, 0.29) is 5.91 Å². The van der Waals surface area contributed by atoms with Crippen molar-refractivity contribution in [2.45, 2.75) is 25.7 Å². The molecule has 0 atom stereocenters. The molecule has 0 aliphatic carbocycles. The molecule has 1 amide bonds. The van der Waals surface area contributed by atoms with E-state index in [9.17, 15) is 4.79 Å². The summed E-state index contributed by atoms with van der Waals surface area (Å²) >= 11 is 0. The summed E-state index contributed by atoms with van der Waals surface area (Å²) in [5.74, 6) is 1.17. The summed E-state index contributed by atoms with van der Waals surface area (Å²) in [6.45, 7) is 3.38. The van der Waals surface area contributed by atoms with Gasteiger partial charge in [-0.15, -0.1) is 0 Å². The standard InChI is InChI=1S/C15H17N5O/c1-11-2-5-18-14(19-11)12-3-8-20(9-4-12)15(21)13-10-16-6-7-17-13/h2,5-7,10,12H,3-4,8-9H2,1H3. The van der Waals surface area contributed by atoms with Crippen LogP contribution in [-0.2, 0) is 0 Å². The van der Waals surface area contributed by atoms with E-state index in [1.165, 1.54) is 6.20 Å². The predicted octanol–water partition coefficient (Wildman–Crippen LogP) is 1.59. The van der Waals surface area contributed by atoms with Crippen LogP contribution in [0.4, 0.5) is 0 Å². The van der Waals surface area contributed by atoms with Crippen LogP contribution in [0.2, 0.25) is 0 Å². The number of carbonyl (C=O) groups is 1. The molecule has 6 nitrogen and oxygen atoms in total. The number of likely N-dealkylation sites (tertiary alicyclic amines) is 1. The first-order valence-electron chi connectivity index (χ1n) is 7.09. The Hall–Kier alpha value is -2.37. The van der Waals surface area contributed by atoms with Gasteiger partial charge in [-0.2, -0.15) is 0 Å². The molecular weight excluding hydrogens is 266 g/mol. The average Bonchev–Trinajstić information content (AvgIpc) is 2.55. The minimum absolute atomic E-state index is 0.0493. The first-order valence-corrected chi connectivity index (χ1v) is 7.09. The Morgan fingerprint density at radius 3 is 2.67 bits per heavy atom. The normalized spacial score (nSPS) is 16.0. The van der Waals surface area contributed by atoms with Gasteiger partial charge in [0.15, 0.2) is 0 Å². The molecule has 1 aliphatic rings. The van der Waals surface area contributed by atoms with E-state index in [1.807, 2.05) is 17.9 Å². The zero-order valence-corrected chi connectivity index (χ0v) is 11.9. The lowest BCUT2D eigenvalue weighted by Gasteiger charge is -2.31. The van der Waals surface area contributed by atoms with E-state index in [0.29, 0.717) is 24.7 Å². The number of hydrogen-bond donors (Lipinski definition) is 0. The van der Waals surface area contributed by atoms with Gasteiger partial charge in [0.05, 0.1) is 6.20 Å². The van der Waals surface area contributed by atoms with Crippen LogP contribution < -0.4 is 0 Å². The van der Waals surface area contributed by atoms with Gasteiger partial charge in [0.25, 0.3) is 5.91 Å². The van der Waals surface area contributed by atoms with Crippen LogP contribution in [0.5, 0.6) is 0 Å².